The van der Waals surface area contributed by atoms with Gasteiger partial charge in [-0.2, -0.15) is 11.3 Å². The molecule has 0 bridgehead atoms. The van der Waals surface area contributed by atoms with E-state index in [2.05, 4.69) is 10.3 Å². The first-order valence-electron chi connectivity index (χ1n) is 18.0. The standard InChI is InChI=1S/C5H11N.C5H5N.C4H4S.12C2H6/c2*1-2-4-6-5-3-1;1-2-4-5-3-1;12*1-2/h6H,1-5H2;1-5H;1-4H;12*1-2H3. The normalized spacial score (nSPS) is 7.41. The summed E-state index contributed by atoms with van der Waals surface area (Å²) < 4.78 is 0. The number of hydrogen-bond donors (Lipinski definition) is 1. The molecule has 0 saturated carbocycles. The molecule has 0 unspecified atom stereocenters. The van der Waals surface area contributed by atoms with Crippen LogP contribution >= 0.6 is 11.3 Å². The van der Waals surface area contributed by atoms with Crippen molar-refractivity contribution in [2.45, 2.75) is 185 Å². The van der Waals surface area contributed by atoms with E-state index >= 15 is 0 Å². The van der Waals surface area contributed by atoms with Gasteiger partial charge < -0.3 is 5.32 Å². The zero-order valence-electron chi connectivity index (χ0n) is 34.1. The van der Waals surface area contributed by atoms with Gasteiger partial charge >= 0.3 is 0 Å². The van der Waals surface area contributed by atoms with Gasteiger partial charge in [-0.15, -0.1) is 0 Å². The molecule has 0 radical (unpaired) electrons. The maximum absolute atomic E-state index is 3.78. The molecule has 1 aliphatic rings. The number of piperidine rings is 1. The first kappa shape index (κ1) is 77.5. The highest BCUT2D eigenvalue weighted by molar-refractivity contribution is 7.07. The molecule has 260 valence electrons. The summed E-state index contributed by atoms with van der Waals surface area (Å²) in [6.45, 7) is 50.5. The molecule has 0 spiro atoms. The highest BCUT2D eigenvalue weighted by Gasteiger charge is 1.93. The van der Waals surface area contributed by atoms with Crippen molar-refractivity contribution in [3.63, 3.8) is 0 Å². The summed E-state index contributed by atoms with van der Waals surface area (Å²) >= 11 is 1.71. The van der Waals surface area contributed by atoms with E-state index in [4.69, 9.17) is 0 Å². The molecule has 3 rings (SSSR count). The molecule has 2 aromatic heterocycles. The quantitative estimate of drug-likeness (QED) is 0.322. The molecule has 3 heteroatoms. The second kappa shape index (κ2) is 222. The van der Waals surface area contributed by atoms with Gasteiger partial charge in [0.25, 0.3) is 0 Å². The fraction of sp³-hybridized carbons (Fsp3) is 0.763. The summed E-state index contributed by atoms with van der Waals surface area (Å²) in [5.74, 6) is 0. The molecule has 1 fully saturated rings. The van der Waals surface area contributed by atoms with Crippen molar-refractivity contribution in [1.82, 2.24) is 10.3 Å². The lowest BCUT2D eigenvalue weighted by atomic mass is 10.2. The third-order valence-corrected chi connectivity index (χ3v) is 2.83. The fourth-order valence-electron chi connectivity index (χ4n) is 1.34. The van der Waals surface area contributed by atoms with Crippen molar-refractivity contribution in [3.8, 4) is 0 Å². The number of pyridine rings is 1. The summed E-state index contributed by atoms with van der Waals surface area (Å²) in [5, 5.41) is 7.37. The van der Waals surface area contributed by atoms with Gasteiger partial charge in [-0.3, -0.25) is 4.98 Å². The minimum Gasteiger partial charge on any atom is -0.317 e. The number of aromatic nitrogens is 1. The molecule has 41 heavy (non-hydrogen) atoms. The van der Waals surface area contributed by atoms with Crippen LogP contribution in [0.5, 0.6) is 0 Å². The molecule has 1 saturated heterocycles. The minimum absolute atomic E-state index is 1.25. The Bertz CT molecular complexity index is 266. The van der Waals surface area contributed by atoms with Crippen molar-refractivity contribution in [2.75, 3.05) is 13.1 Å². The van der Waals surface area contributed by atoms with Crippen LogP contribution in [-0.4, -0.2) is 18.1 Å². The molecule has 1 N–H and O–H groups in total. The predicted molar refractivity (Wildman–Crippen MR) is 211 cm³/mol. The number of rotatable bonds is 0. The summed E-state index contributed by atoms with van der Waals surface area (Å²) in [6, 6.07) is 9.75. The van der Waals surface area contributed by atoms with Gasteiger partial charge in [-0.1, -0.05) is 191 Å². The first-order chi connectivity index (χ1) is 20.5. The third kappa shape index (κ3) is 210. The Balaban J connectivity index is -0.0000000229. The largest absolute Gasteiger partial charge is 0.317 e. The Labute approximate surface area is 273 Å². The summed E-state index contributed by atoms with van der Waals surface area (Å²) in [5.41, 5.74) is 0. The number of nitrogens with one attached hydrogen (secondary N) is 1. The van der Waals surface area contributed by atoms with E-state index in [-0.39, 0.29) is 0 Å². The average Bonchev–Trinajstić information content (AvgIpc) is 3.78. The highest BCUT2D eigenvalue weighted by atomic mass is 32.1. The van der Waals surface area contributed by atoms with Crippen LogP contribution in [0.15, 0.2) is 53.5 Å². The lowest BCUT2D eigenvalue weighted by Gasteiger charge is -2.08. The van der Waals surface area contributed by atoms with Gasteiger partial charge in [0.05, 0.1) is 0 Å². The lowest BCUT2D eigenvalue weighted by molar-refractivity contribution is 0.520. The van der Waals surface area contributed by atoms with Gasteiger partial charge in [0, 0.05) is 12.4 Å². The fourth-order valence-corrected chi connectivity index (χ4v) is 1.79. The van der Waals surface area contributed by atoms with Crippen molar-refractivity contribution in [2.24, 2.45) is 0 Å². The summed E-state index contributed by atoms with van der Waals surface area (Å²) in [7, 11) is 0. The Morgan fingerprint density at radius 1 is 0.366 bits per heavy atom. The zero-order chi connectivity index (χ0) is 36.0. The van der Waals surface area contributed by atoms with Crippen LogP contribution in [0.1, 0.15) is 185 Å². The topological polar surface area (TPSA) is 24.9 Å². The highest BCUT2D eigenvalue weighted by Crippen LogP contribution is 1.96. The lowest BCUT2D eigenvalue weighted by Crippen LogP contribution is -2.21. The van der Waals surface area contributed by atoms with E-state index in [1.54, 1.807) is 23.7 Å². The molecule has 0 aliphatic carbocycles. The SMILES string of the molecule is C1CCNCC1.CC.CC.CC.CC.CC.CC.CC.CC.CC.CC.CC.CC.c1ccncc1.c1ccsc1. The van der Waals surface area contributed by atoms with Crippen LogP contribution in [0.2, 0.25) is 0 Å². The van der Waals surface area contributed by atoms with Crippen LogP contribution in [0, 0.1) is 0 Å². The van der Waals surface area contributed by atoms with Crippen LogP contribution < -0.4 is 5.32 Å². The second-order valence-corrected chi connectivity index (χ2v) is 4.44. The zero-order valence-corrected chi connectivity index (χ0v) is 34.9. The monoisotopic (exact) mass is 609 g/mol. The van der Waals surface area contributed by atoms with Crippen LogP contribution in [0.4, 0.5) is 0 Å². The van der Waals surface area contributed by atoms with E-state index in [1.807, 2.05) is 207 Å². The molecule has 2 nitrogen and oxygen atoms in total. The van der Waals surface area contributed by atoms with Gasteiger partial charge in [-0.25, -0.2) is 0 Å². The second-order valence-electron chi connectivity index (χ2n) is 3.63. The number of thiophene rings is 1. The summed E-state index contributed by atoms with van der Waals surface area (Å²) in [6.07, 6.45) is 7.72. The Hall–Kier alpha value is -1.19. The van der Waals surface area contributed by atoms with Gasteiger partial charge in [0.2, 0.25) is 0 Å². The minimum atomic E-state index is 1.25. The van der Waals surface area contributed by atoms with E-state index < -0.39 is 0 Å². The predicted octanol–water partition coefficient (Wildman–Crippen LogP) is 15.9. The molecular formula is C38H92N2S. The third-order valence-electron chi connectivity index (χ3n) is 2.20. The molecule has 2 aromatic rings. The van der Waals surface area contributed by atoms with Gasteiger partial charge in [0.15, 0.2) is 0 Å². The van der Waals surface area contributed by atoms with E-state index in [0.29, 0.717) is 0 Å². The molecule has 0 atom stereocenters. The molecule has 3 heterocycles. The number of hydrogen-bond acceptors (Lipinski definition) is 3. The van der Waals surface area contributed by atoms with Crippen LogP contribution in [-0.2, 0) is 0 Å². The smallest absolute Gasteiger partial charge is 0.0267 e. The van der Waals surface area contributed by atoms with Crippen molar-refractivity contribution >= 4 is 11.3 Å². The van der Waals surface area contributed by atoms with Gasteiger partial charge in [-0.05, 0) is 48.8 Å². The Kier molecular flexibility index (Phi) is 420. The van der Waals surface area contributed by atoms with Crippen LogP contribution in [0.3, 0.4) is 0 Å². The molecule has 1 aliphatic heterocycles. The maximum atomic E-state index is 3.78. The maximum Gasteiger partial charge on any atom is 0.0267 e. The Morgan fingerprint density at radius 2 is 0.634 bits per heavy atom. The summed E-state index contributed by atoms with van der Waals surface area (Å²) in [4.78, 5) is 3.78. The van der Waals surface area contributed by atoms with Crippen LogP contribution in [0.25, 0.3) is 0 Å². The molecule has 0 aromatic carbocycles. The van der Waals surface area contributed by atoms with Crippen molar-refractivity contribution < 1.29 is 0 Å². The molecular weight excluding hydrogens is 516 g/mol. The average molecular weight is 609 g/mol. The number of nitrogens with zero attached hydrogens (tertiary/aromatic N) is 1. The Morgan fingerprint density at radius 3 is 0.707 bits per heavy atom. The van der Waals surface area contributed by atoms with Crippen molar-refractivity contribution in [3.05, 3.63) is 53.5 Å². The van der Waals surface area contributed by atoms with E-state index in [9.17, 15) is 0 Å². The van der Waals surface area contributed by atoms with Gasteiger partial charge in [0.1, 0.15) is 0 Å². The van der Waals surface area contributed by atoms with E-state index in [0.717, 1.165) is 0 Å². The first-order valence-corrected chi connectivity index (χ1v) is 19.0. The van der Waals surface area contributed by atoms with Crippen molar-refractivity contribution in [1.29, 1.82) is 0 Å². The van der Waals surface area contributed by atoms with E-state index in [1.165, 1.54) is 32.4 Å². The molecule has 0 amide bonds.